The number of nitrogens with one attached hydrogen (secondary N) is 2. The van der Waals surface area contributed by atoms with Crippen LogP contribution in [-0.2, 0) is 6.54 Å². The number of aromatic nitrogens is 2. The second-order valence-corrected chi connectivity index (χ2v) is 6.58. The van der Waals surface area contributed by atoms with Crippen LogP contribution in [0.3, 0.4) is 0 Å². The summed E-state index contributed by atoms with van der Waals surface area (Å²) in [4.78, 5) is 11.2. The fourth-order valence-corrected chi connectivity index (χ4v) is 3.02. The van der Waals surface area contributed by atoms with E-state index >= 15 is 0 Å². The number of thiocarbonyl (C=S) groups is 1. The third-order valence-electron chi connectivity index (χ3n) is 4.11. The molecule has 25 heavy (non-hydrogen) atoms. The second kappa shape index (κ2) is 8.15. The van der Waals surface area contributed by atoms with Crippen LogP contribution in [-0.4, -0.2) is 35.3 Å². The summed E-state index contributed by atoms with van der Waals surface area (Å²) in [6.45, 7) is 4.74. The minimum Gasteiger partial charge on any atom is -0.481 e. The Labute approximate surface area is 152 Å². The third kappa shape index (κ3) is 4.82. The highest BCUT2D eigenvalue weighted by Gasteiger charge is 2.19. The number of piperidine rings is 1. The largest absolute Gasteiger partial charge is 0.481 e. The predicted octanol–water partition coefficient (Wildman–Crippen LogP) is 2.80. The molecule has 0 amide bonds. The number of hydrogen-bond acceptors (Lipinski definition) is 6. The van der Waals surface area contributed by atoms with Gasteiger partial charge in [0.15, 0.2) is 5.11 Å². The first-order valence-corrected chi connectivity index (χ1v) is 8.80. The molecule has 2 aromatic heterocycles. The number of rotatable bonds is 5. The lowest BCUT2D eigenvalue weighted by atomic mass is 10.0. The van der Waals surface area contributed by atoms with E-state index in [2.05, 4.69) is 32.4 Å². The zero-order valence-electron chi connectivity index (χ0n) is 14.5. The van der Waals surface area contributed by atoms with Crippen LogP contribution >= 0.6 is 12.2 Å². The summed E-state index contributed by atoms with van der Waals surface area (Å²) < 4.78 is 10.6. The Bertz CT molecular complexity index is 707. The van der Waals surface area contributed by atoms with E-state index < -0.39 is 0 Å². The van der Waals surface area contributed by atoms with Crippen LogP contribution in [0.2, 0.25) is 0 Å². The maximum atomic E-state index is 5.32. The molecule has 7 nitrogen and oxygen atoms in total. The Morgan fingerprint density at radius 2 is 2.36 bits per heavy atom. The van der Waals surface area contributed by atoms with Crippen molar-refractivity contribution in [3.63, 3.8) is 0 Å². The second-order valence-electron chi connectivity index (χ2n) is 6.17. The van der Waals surface area contributed by atoms with Crippen molar-refractivity contribution in [1.82, 2.24) is 15.3 Å². The van der Waals surface area contributed by atoms with Crippen molar-refractivity contribution in [2.24, 2.45) is 5.92 Å². The van der Waals surface area contributed by atoms with Crippen LogP contribution in [0.15, 0.2) is 28.9 Å². The Morgan fingerprint density at radius 3 is 3.08 bits per heavy atom. The van der Waals surface area contributed by atoms with E-state index in [4.69, 9.17) is 21.4 Å². The normalized spacial score (nSPS) is 17.2. The van der Waals surface area contributed by atoms with Crippen molar-refractivity contribution >= 4 is 29.1 Å². The highest BCUT2D eigenvalue weighted by molar-refractivity contribution is 7.80. The first-order valence-electron chi connectivity index (χ1n) is 8.39. The van der Waals surface area contributed by atoms with Crippen LogP contribution < -0.4 is 20.3 Å². The molecule has 0 unspecified atom stereocenters. The standard InChI is InChI=1S/C17H23N5O2S/c1-12-5-3-7-22(11-12)14-9-15(23-2)20-16(19-14)21-17(25)18-10-13-6-4-8-24-13/h4,6,8-9,12H,3,5,7,10-11H2,1-2H3,(H2,18,19,20,21,25)/t12-/m1/s1. The summed E-state index contributed by atoms with van der Waals surface area (Å²) in [7, 11) is 1.60. The summed E-state index contributed by atoms with van der Waals surface area (Å²) in [5, 5.41) is 6.52. The molecule has 0 aromatic carbocycles. The van der Waals surface area contributed by atoms with Gasteiger partial charge in [-0.15, -0.1) is 0 Å². The molecule has 0 bridgehead atoms. The molecule has 134 valence electrons. The van der Waals surface area contributed by atoms with Crippen molar-refractivity contribution in [3.05, 3.63) is 30.2 Å². The number of nitrogens with zero attached hydrogens (tertiary/aromatic N) is 3. The minimum atomic E-state index is 0.421. The SMILES string of the molecule is COc1cc(N2CCC[C@@H](C)C2)nc(NC(=S)NCc2ccco2)n1. The molecule has 1 aliphatic rings. The number of anilines is 2. The van der Waals surface area contributed by atoms with Gasteiger partial charge in [-0.25, -0.2) is 0 Å². The first-order chi connectivity index (χ1) is 12.1. The van der Waals surface area contributed by atoms with Crippen molar-refractivity contribution in [2.75, 3.05) is 30.4 Å². The number of methoxy groups -OCH3 is 1. The number of hydrogen-bond donors (Lipinski definition) is 2. The van der Waals surface area contributed by atoms with Gasteiger partial charge in [0, 0.05) is 19.2 Å². The Balaban J connectivity index is 1.67. The summed E-state index contributed by atoms with van der Waals surface area (Å²) in [6, 6.07) is 5.58. The average Bonchev–Trinajstić information content (AvgIpc) is 3.13. The van der Waals surface area contributed by atoms with Gasteiger partial charge in [0.2, 0.25) is 11.8 Å². The van der Waals surface area contributed by atoms with Gasteiger partial charge >= 0.3 is 0 Å². The lowest BCUT2D eigenvalue weighted by Crippen LogP contribution is -2.35. The van der Waals surface area contributed by atoms with Crippen LogP contribution in [0.5, 0.6) is 5.88 Å². The van der Waals surface area contributed by atoms with E-state index in [0.29, 0.717) is 29.4 Å². The van der Waals surface area contributed by atoms with Gasteiger partial charge in [0.1, 0.15) is 11.6 Å². The van der Waals surface area contributed by atoms with E-state index in [1.807, 2.05) is 18.2 Å². The highest BCUT2D eigenvalue weighted by Crippen LogP contribution is 2.25. The molecule has 3 rings (SSSR count). The molecule has 3 heterocycles. The number of ether oxygens (including phenoxy) is 1. The van der Waals surface area contributed by atoms with Gasteiger partial charge in [0.25, 0.3) is 0 Å². The molecule has 0 aliphatic carbocycles. The lowest BCUT2D eigenvalue weighted by Gasteiger charge is -2.32. The highest BCUT2D eigenvalue weighted by atomic mass is 32.1. The molecule has 2 aromatic rings. The van der Waals surface area contributed by atoms with Gasteiger partial charge in [0.05, 0.1) is 19.9 Å². The maximum absolute atomic E-state index is 5.32. The van der Waals surface area contributed by atoms with Crippen LogP contribution in [0.4, 0.5) is 11.8 Å². The lowest BCUT2D eigenvalue weighted by molar-refractivity contribution is 0.396. The molecular formula is C17H23N5O2S. The zero-order valence-corrected chi connectivity index (χ0v) is 15.3. The van der Waals surface area contributed by atoms with E-state index in [1.54, 1.807) is 13.4 Å². The van der Waals surface area contributed by atoms with Crippen LogP contribution in [0, 0.1) is 5.92 Å². The molecule has 1 saturated heterocycles. The Kier molecular flexibility index (Phi) is 5.70. The molecule has 0 radical (unpaired) electrons. The summed E-state index contributed by atoms with van der Waals surface area (Å²) in [5.74, 6) is 3.25. The van der Waals surface area contributed by atoms with Gasteiger partial charge in [-0.2, -0.15) is 9.97 Å². The van der Waals surface area contributed by atoms with E-state index in [1.165, 1.54) is 12.8 Å². The van der Waals surface area contributed by atoms with Crippen LogP contribution in [0.1, 0.15) is 25.5 Å². The number of furan rings is 1. The van der Waals surface area contributed by atoms with Gasteiger partial charge in [-0.1, -0.05) is 6.92 Å². The fourth-order valence-electron chi connectivity index (χ4n) is 2.86. The molecule has 1 fully saturated rings. The van der Waals surface area contributed by atoms with Gasteiger partial charge in [-0.05, 0) is 43.1 Å². The third-order valence-corrected chi connectivity index (χ3v) is 4.35. The van der Waals surface area contributed by atoms with E-state index in [9.17, 15) is 0 Å². The first kappa shape index (κ1) is 17.5. The minimum absolute atomic E-state index is 0.421. The summed E-state index contributed by atoms with van der Waals surface area (Å²) in [6.07, 6.45) is 4.05. The molecule has 0 saturated carbocycles. The molecule has 0 spiro atoms. The summed E-state index contributed by atoms with van der Waals surface area (Å²) >= 11 is 5.31. The monoisotopic (exact) mass is 361 g/mol. The van der Waals surface area contributed by atoms with Gasteiger partial charge < -0.3 is 24.7 Å². The van der Waals surface area contributed by atoms with E-state index in [-0.39, 0.29) is 0 Å². The summed E-state index contributed by atoms with van der Waals surface area (Å²) in [5.41, 5.74) is 0. The maximum Gasteiger partial charge on any atom is 0.234 e. The Hall–Kier alpha value is -2.35. The van der Waals surface area contributed by atoms with Crippen molar-refractivity contribution < 1.29 is 9.15 Å². The molecule has 1 aliphatic heterocycles. The van der Waals surface area contributed by atoms with Crippen molar-refractivity contribution in [1.29, 1.82) is 0 Å². The Morgan fingerprint density at radius 1 is 1.48 bits per heavy atom. The van der Waals surface area contributed by atoms with Crippen LogP contribution in [0.25, 0.3) is 0 Å². The average molecular weight is 361 g/mol. The van der Waals surface area contributed by atoms with Crippen molar-refractivity contribution in [2.45, 2.75) is 26.3 Å². The van der Waals surface area contributed by atoms with Gasteiger partial charge in [-0.3, -0.25) is 0 Å². The molecular weight excluding hydrogens is 338 g/mol. The zero-order chi connectivity index (χ0) is 17.6. The van der Waals surface area contributed by atoms with Crippen molar-refractivity contribution in [3.8, 4) is 5.88 Å². The molecule has 1 atom stereocenters. The van der Waals surface area contributed by atoms with E-state index in [0.717, 1.165) is 24.7 Å². The topological polar surface area (TPSA) is 75.5 Å². The smallest absolute Gasteiger partial charge is 0.234 e. The molecule has 2 N–H and O–H groups in total. The predicted molar refractivity (Wildman–Crippen MR) is 101 cm³/mol. The quantitative estimate of drug-likeness (QED) is 0.788. The fraction of sp³-hybridized carbons (Fsp3) is 0.471. The molecule has 8 heteroatoms.